The van der Waals surface area contributed by atoms with Crippen molar-refractivity contribution in [1.82, 2.24) is 5.32 Å². The fourth-order valence-corrected chi connectivity index (χ4v) is 2.47. The highest BCUT2D eigenvalue weighted by Crippen LogP contribution is 2.33. The molecule has 0 aromatic carbocycles. The molecule has 0 aliphatic carbocycles. The van der Waals surface area contributed by atoms with Crippen molar-refractivity contribution in [3.05, 3.63) is 16.5 Å². The molecule has 15 heavy (non-hydrogen) atoms. The minimum Gasteiger partial charge on any atom is -0.267 e. The summed E-state index contributed by atoms with van der Waals surface area (Å²) in [6.07, 6.45) is 2.94. The number of rotatable bonds is 3. The number of carbonyl (C=O) groups is 1. The Kier molecular flexibility index (Phi) is 2.86. The summed E-state index contributed by atoms with van der Waals surface area (Å²) in [6, 6.07) is 0. The number of aryl methyl sites for hydroxylation is 1. The molecule has 0 atom stereocenters. The molecule has 0 saturated heterocycles. The molecule has 1 radical (unpaired) electrons. The molecule has 1 aliphatic rings. The van der Waals surface area contributed by atoms with Crippen LogP contribution in [0.2, 0.25) is 0 Å². The van der Waals surface area contributed by atoms with Gasteiger partial charge in [-0.15, -0.1) is 11.3 Å². The van der Waals surface area contributed by atoms with Gasteiger partial charge in [-0.2, -0.15) is 5.32 Å². The summed E-state index contributed by atoms with van der Waals surface area (Å²) < 4.78 is 0. The molecule has 1 amide bonds. The molecular weight excluding hydrogens is 208 g/mol. The highest BCUT2D eigenvalue weighted by molar-refractivity contribution is 7.14. The van der Waals surface area contributed by atoms with Gasteiger partial charge in [-0.05, 0) is 24.3 Å². The van der Waals surface area contributed by atoms with E-state index in [-0.39, 0.29) is 5.91 Å². The first-order valence-corrected chi connectivity index (χ1v) is 6.02. The van der Waals surface area contributed by atoms with Gasteiger partial charge in [-0.3, -0.25) is 4.79 Å². The summed E-state index contributed by atoms with van der Waals surface area (Å²) in [4.78, 5) is 16.1. The number of thiophene rings is 1. The van der Waals surface area contributed by atoms with Crippen molar-refractivity contribution in [2.45, 2.75) is 33.1 Å². The van der Waals surface area contributed by atoms with Crippen LogP contribution in [-0.4, -0.2) is 11.7 Å². The van der Waals surface area contributed by atoms with Crippen molar-refractivity contribution in [2.24, 2.45) is 4.99 Å². The van der Waals surface area contributed by atoms with E-state index >= 15 is 0 Å². The van der Waals surface area contributed by atoms with Gasteiger partial charge in [0.15, 0.2) is 0 Å². The zero-order valence-electron chi connectivity index (χ0n) is 8.91. The summed E-state index contributed by atoms with van der Waals surface area (Å²) in [5.74, 6) is 0.570. The number of carbonyl (C=O) groups excluding carboxylic acids is 1. The minimum atomic E-state index is -0.121. The average Bonchev–Trinajstić information content (AvgIpc) is 2.58. The lowest BCUT2D eigenvalue weighted by Gasteiger charge is -2.11. The van der Waals surface area contributed by atoms with E-state index in [1.165, 1.54) is 11.3 Å². The van der Waals surface area contributed by atoms with E-state index in [1.54, 1.807) is 0 Å². The van der Waals surface area contributed by atoms with Gasteiger partial charge in [0.2, 0.25) is 0 Å². The second-order valence-electron chi connectivity index (χ2n) is 3.65. The average molecular weight is 221 g/mol. The van der Waals surface area contributed by atoms with Crippen molar-refractivity contribution in [1.29, 1.82) is 0 Å². The number of amidine groups is 1. The molecule has 0 saturated carbocycles. The molecule has 3 nitrogen and oxygen atoms in total. The molecule has 79 valence electrons. The number of unbranched alkanes of at least 4 members (excludes halogenated alkanes) is 1. The standard InChI is InChI=1S/C11H13N2OS/c1-3-4-5-8-12-10(14)9-7(2)6-15-11(9)13-8/h6H,3-5H2,1-2H3. The Morgan fingerprint density at radius 3 is 3.00 bits per heavy atom. The van der Waals surface area contributed by atoms with Gasteiger partial charge in [0.05, 0.1) is 5.56 Å². The summed E-state index contributed by atoms with van der Waals surface area (Å²) in [5, 5.41) is 6.81. The van der Waals surface area contributed by atoms with Gasteiger partial charge in [-0.1, -0.05) is 13.3 Å². The number of hydrogen-bond donors (Lipinski definition) is 0. The number of aliphatic imine (C=N–C) groups is 1. The highest BCUT2D eigenvalue weighted by atomic mass is 32.1. The van der Waals surface area contributed by atoms with Crippen molar-refractivity contribution < 1.29 is 4.79 Å². The molecule has 0 unspecified atom stereocenters. The third-order valence-electron chi connectivity index (χ3n) is 2.38. The van der Waals surface area contributed by atoms with E-state index in [1.807, 2.05) is 12.3 Å². The maximum absolute atomic E-state index is 11.7. The van der Waals surface area contributed by atoms with Crippen LogP contribution in [0.4, 0.5) is 5.00 Å². The first kappa shape index (κ1) is 10.4. The van der Waals surface area contributed by atoms with Crippen LogP contribution in [-0.2, 0) is 0 Å². The van der Waals surface area contributed by atoms with Crippen LogP contribution in [0.5, 0.6) is 0 Å². The van der Waals surface area contributed by atoms with Gasteiger partial charge in [0, 0.05) is 6.42 Å². The summed E-state index contributed by atoms with van der Waals surface area (Å²) >= 11 is 1.52. The molecule has 0 fully saturated rings. The molecule has 0 spiro atoms. The molecule has 0 bridgehead atoms. The van der Waals surface area contributed by atoms with Crippen LogP contribution in [0.15, 0.2) is 10.4 Å². The van der Waals surface area contributed by atoms with Crippen LogP contribution in [0, 0.1) is 6.92 Å². The zero-order chi connectivity index (χ0) is 10.8. The SMILES string of the molecule is CCCCC1=Nc2scc(C)c2C(=O)[N]1. The third-order valence-corrected chi connectivity index (χ3v) is 3.37. The van der Waals surface area contributed by atoms with E-state index in [4.69, 9.17) is 0 Å². The number of hydrogen-bond acceptors (Lipinski definition) is 3. The Labute approximate surface area is 93.2 Å². The van der Waals surface area contributed by atoms with Crippen LogP contribution < -0.4 is 5.32 Å². The number of fused-ring (bicyclic) bond motifs is 1. The van der Waals surface area contributed by atoms with E-state index in [0.29, 0.717) is 11.4 Å². The topological polar surface area (TPSA) is 43.5 Å². The zero-order valence-corrected chi connectivity index (χ0v) is 9.73. The molecule has 0 N–H and O–H groups in total. The highest BCUT2D eigenvalue weighted by Gasteiger charge is 2.24. The second-order valence-corrected chi connectivity index (χ2v) is 4.51. The lowest BCUT2D eigenvalue weighted by Crippen LogP contribution is -2.26. The molecular formula is C11H13N2OS. The molecule has 4 heteroatoms. The van der Waals surface area contributed by atoms with Crippen LogP contribution >= 0.6 is 11.3 Å². The second kappa shape index (κ2) is 4.14. The fourth-order valence-electron chi connectivity index (χ4n) is 1.54. The van der Waals surface area contributed by atoms with Crippen LogP contribution in [0.25, 0.3) is 0 Å². The maximum atomic E-state index is 11.7. The Bertz CT molecular complexity index is 420. The molecule has 1 aromatic heterocycles. The smallest absolute Gasteiger partial charge is 0.267 e. The van der Waals surface area contributed by atoms with E-state index in [9.17, 15) is 4.79 Å². The van der Waals surface area contributed by atoms with Gasteiger partial charge in [-0.25, -0.2) is 4.99 Å². The van der Waals surface area contributed by atoms with E-state index in [2.05, 4.69) is 17.2 Å². The first-order valence-electron chi connectivity index (χ1n) is 5.14. The summed E-state index contributed by atoms with van der Waals surface area (Å²) in [5.41, 5.74) is 1.68. The van der Waals surface area contributed by atoms with Gasteiger partial charge in [0.1, 0.15) is 10.8 Å². The van der Waals surface area contributed by atoms with Gasteiger partial charge < -0.3 is 0 Å². The quantitative estimate of drug-likeness (QED) is 0.773. The Balaban J connectivity index is 2.27. The van der Waals surface area contributed by atoms with E-state index in [0.717, 1.165) is 29.8 Å². The molecule has 1 aliphatic heterocycles. The van der Waals surface area contributed by atoms with Crippen molar-refractivity contribution in [3.63, 3.8) is 0 Å². The maximum Gasteiger partial charge on any atom is 0.282 e. The van der Waals surface area contributed by atoms with Crippen LogP contribution in [0.3, 0.4) is 0 Å². The van der Waals surface area contributed by atoms with Crippen LogP contribution in [0.1, 0.15) is 42.1 Å². The fraction of sp³-hybridized carbons (Fsp3) is 0.455. The van der Waals surface area contributed by atoms with Crippen molar-refractivity contribution in [2.75, 3.05) is 0 Å². The Hall–Kier alpha value is -1.16. The summed E-state index contributed by atoms with van der Waals surface area (Å²) in [7, 11) is 0. The number of nitrogens with zero attached hydrogens (tertiary/aromatic N) is 2. The molecule has 1 aromatic rings. The predicted molar refractivity (Wildman–Crippen MR) is 62.1 cm³/mol. The lowest BCUT2D eigenvalue weighted by atomic mass is 10.1. The first-order chi connectivity index (χ1) is 7.22. The predicted octanol–water partition coefficient (Wildman–Crippen LogP) is 3.03. The van der Waals surface area contributed by atoms with Crippen molar-refractivity contribution >= 4 is 28.1 Å². The third kappa shape index (κ3) is 1.95. The number of amides is 1. The monoisotopic (exact) mass is 221 g/mol. The lowest BCUT2D eigenvalue weighted by molar-refractivity contribution is 0.0971. The molecule has 2 rings (SSSR count). The largest absolute Gasteiger partial charge is 0.282 e. The van der Waals surface area contributed by atoms with Gasteiger partial charge in [0.25, 0.3) is 5.91 Å². The van der Waals surface area contributed by atoms with E-state index < -0.39 is 0 Å². The Morgan fingerprint density at radius 2 is 2.27 bits per heavy atom. The summed E-state index contributed by atoms with van der Waals surface area (Å²) in [6.45, 7) is 4.04. The molecule has 2 heterocycles. The normalized spacial score (nSPS) is 14.5. The van der Waals surface area contributed by atoms with Gasteiger partial charge >= 0.3 is 0 Å². The minimum absolute atomic E-state index is 0.121. The van der Waals surface area contributed by atoms with Crippen molar-refractivity contribution in [3.8, 4) is 0 Å². The Morgan fingerprint density at radius 1 is 1.47 bits per heavy atom.